The molecule has 3 rings (SSSR count). The van der Waals surface area contributed by atoms with Gasteiger partial charge in [-0.15, -0.1) is 0 Å². The van der Waals surface area contributed by atoms with Crippen molar-refractivity contribution in [3.05, 3.63) is 32.7 Å². The minimum Gasteiger partial charge on any atom is -0.352 e. The minimum atomic E-state index is 0.296. The van der Waals surface area contributed by atoms with Gasteiger partial charge in [-0.25, -0.2) is 9.97 Å². The highest BCUT2D eigenvalue weighted by molar-refractivity contribution is 14.1. The number of nitrogens with one attached hydrogen (secondary N) is 1. The van der Waals surface area contributed by atoms with E-state index >= 15 is 0 Å². The van der Waals surface area contributed by atoms with Crippen LogP contribution in [0.4, 0.5) is 0 Å². The highest BCUT2D eigenvalue weighted by atomic mass is 127. The number of aromatic amines is 1. The van der Waals surface area contributed by atoms with Gasteiger partial charge < -0.3 is 4.98 Å². The Morgan fingerprint density at radius 1 is 1.31 bits per heavy atom. The van der Waals surface area contributed by atoms with Gasteiger partial charge in [-0.05, 0) is 59.3 Å². The van der Waals surface area contributed by atoms with Gasteiger partial charge in [0.25, 0.3) is 0 Å². The molecule has 0 atom stereocenters. The smallest absolute Gasteiger partial charge is 0.223 e. The number of rotatable bonds is 0. The van der Waals surface area contributed by atoms with Crippen LogP contribution in [0.25, 0.3) is 21.9 Å². The minimum absolute atomic E-state index is 0.296. The van der Waals surface area contributed by atoms with Gasteiger partial charge in [0, 0.05) is 14.5 Å². The van der Waals surface area contributed by atoms with Crippen molar-refractivity contribution in [1.29, 1.82) is 0 Å². The van der Waals surface area contributed by atoms with E-state index < -0.39 is 0 Å². The average molecular weight is 344 g/mol. The lowest BCUT2D eigenvalue weighted by molar-refractivity contribution is 1.15. The molecule has 0 bridgehead atoms. The fourth-order valence-electron chi connectivity index (χ4n) is 1.84. The van der Waals surface area contributed by atoms with Gasteiger partial charge in [0.15, 0.2) is 0 Å². The molecule has 0 saturated heterocycles. The summed E-state index contributed by atoms with van der Waals surface area (Å²) in [6.07, 6.45) is 0. The van der Waals surface area contributed by atoms with E-state index in [4.69, 9.17) is 11.6 Å². The molecule has 0 aliphatic rings. The summed E-state index contributed by atoms with van der Waals surface area (Å²) >= 11 is 8.17. The third-order valence-electron chi connectivity index (χ3n) is 2.56. The molecule has 2 aromatic heterocycles. The van der Waals surface area contributed by atoms with Crippen molar-refractivity contribution < 1.29 is 0 Å². The summed E-state index contributed by atoms with van der Waals surface area (Å²) in [7, 11) is 0. The van der Waals surface area contributed by atoms with Crippen LogP contribution in [0.3, 0.4) is 0 Å². The van der Waals surface area contributed by atoms with Crippen molar-refractivity contribution in [2.45, 2.75) is 6.92 Å². The van der Waals surface area contributed by atoms with Crippen molar-refractivity contribution in [1.82, 2.24) is 15.0 Å². The molecule has 3 nitrogen and oxygen atoms in total. The molecule has 80 valence electrons. The van der Waals surface area contributed by atoms with E-state index in [2.05, 4.69) is 49.7 Å². The predicted molar refractivity (Wildman–Crippen MR) is 73.9 cm³/mol. The van der Waals surface area contributed by atoms with Gasteiger partial charge in [0.05, 0.1) is 11.2 Å². The highest BCUT2D eigenvalue weighted by Gasteiger charge is 2.10. The highest BCUT2D eigenvalue weighted by Crippen LogP contribution is 2.27. The maximum atomic E-state index is 5.88. The van der Waals surface area contributed by atoms with E-state index in [0.717, 1.165) is 27.6 Å². The van der Waals surface area contributed by atoms with Crippen LogP contribution in [0, 0.1) is 10.5 Å². The summed E-state index contributed by atoms with van der Waals surface area (Å²) in [6.45, 7) is 1.93. The fourth-order valence-corrected chi connectivity index (χ4v) is 2.54. The molecule has 3 aromatic rings. The zero-order valence-electron chi connectivity index (χ0n) is 8.38. The van der Waals surface area contributed by atoms with E-state index in [0.29, 0.717) is 5.28 Å². The number of fused-ring (bicyclic) bond motifs is 3. The molecular formula is C11H7ClIN3. The molecule has 0 aliphatic carbocycles. The Kier molecular flexibility index (Phi) is 2.29. The lowest BCUT2D eigenvalue weighted by Gasteiger charge is -1.95. The number of H-pyrrole nitrogens is 1. The van der Waals surface area contributed by atoms with Crippen LogP contribution < -0.4 is 0 Å². The zero-order valence-corrected chi connectivity index (χ0v) is 11.3. The molecule has 2 heterocycles. The summed E-state index contributed by atoms with van der Waals surface area (Å²) < 4.78 is 1.18. The second-order valence-corrected chi connectivity index (χ2v) is 5.20. The monoisotopic (exact) mass is 343 g/mol. The second kappa shape index (κ2) is 3.56. The molecule has 0 radical (unpaired) electrons. The lowest BCUT2D eigenvalue weighted by atomic mass is 10.2. The van der Waals surface area contributed by atoms with Gasteiger partial charge in [0.1, 0.15) is 5.52 Å². The van der Waals surface area contributed by atoms with Crippen LogP contribution in [0.15, 0.2) is 18.2 Å². The molecule has 5 heteroatoms. The molecule has 0 spiro atoms. The molecule has 0 saturated carbocycles. The third kappa shape index (κ3) is 1.48. The van der Waals surface area contributed by atoms with Crippen molar-refractivity contribution in [3.63, 3.8) is 0 Å². The first-order valence-electron chi connectivity index (χ1n) is 4.76. The van der Waals surface area contributed by atoms with Gasteiger partial charge in [-0.3, -0.25) is 0 Å². The normalized spacial score (nSPS) is 11.4. The van der Waals surface area contributed by atoms with Crippen LogP contribution in [0.5, 0.6) is 0 Å². The van der Waals surface area contributed by atoms with E-state index in [-0.39, 0.29) is 0 Å². The second-order valence-electron chi connectivity index (χ2n) is 3.62. The number of benzene rings is 1. The molecule has 0 amide bonds. The van der Waals surface area contributed by atoms with E-state index in [9.17, 15) is 0 Å². The third-order valence-corrected chi connectivity index (χ3v) is 3.40. The van der Waals surface area contributed by atoms with Crippen molar-refractivity contribution in [3.8, 4) is 0 Å². The van der Waals surface area contributed by atoms with Crippen molar-refractivity contribution >= 4 is 56.1 Å². The topological polar surface area (TPSA) is 41.6 Å². The van der Waals surface area contributed by atoms with Crippen LogP contribution in [-0.4, -0.2) is 15.0 Å². The van der Waals surface area contributed by atoms with Gasteiger partial charge in [0.2, 0.25) is 5.28 Å². The number of halogens is 2. The number of aryl methyl sites for hydroxylation is 1. The molecule has 0 aliphatic heterocycles. The van der Waals surface area contributed by atoms with Crippen LogP contribution in [0.2, 0.25) is 5.28 Å². The Labute approximate surface area is 110 Å². The maximum absolute atomic E-state index is 5.88. The molecule has 0 unspecified atom stereocenters. The van der Waals surface area contributed by atoms with Gasteiger partial charge in [-0.1, -0.05) is 0 Å². The predicted octanol–water partition coefficient (Wildman–Crippen LogP) is 3.68. The molecular weight excluding hydrogens is 336 g/mol. The molecule has 1 aromatic carbocycles. The summed E-state index contributed by atoms with van der Waals surface area (Å²) in [5, 5.41) is 1.39. The lowest BCUT2D eigenvalue weighted by Crippen LogP contribution is -1.87. The Morgan fingerprint density at radius 3 is 2.94 bits per heavy atom. The first-order valence-corrected chi connectivity index (χ1v) is 6.22. The number of hydrogen-bond acceptors (Lipinski definition) is 2. The quantitative estimate of drug-likeness (QED) is 0.500. The van der Waals surface area contributed by atoms with Crippen molar-refractivity contribution in [2.75, 3.05) is 0 Å². The Morgan fingerprint density at radius 2 is 2.12 bits per heavy atom. The summed E-state index contributed by atoms with van der Waals surface area (Å²) in [5.74, 6) is 0. The fraction of sp³-hybridized carbons (Fsp3) is 0.0909. The molecule has 1 N–H and O–H groups in total. The van der Waals surface area contributed by atoms with E-state index in [1.165, 1.54) is 3.57 Å². The maximum Gasteiger partial charge on any atom is 0.223 e. The average Bonchev–Trinajstić information content (AvgIpc) is 2.57. The Bertz CT molecular complexity index is 705. The largest absolute Gasteiger partial charge is 0.352 e. The Balaban J connectivity index is 2.57. The van der Waals surface area contributed by atoms with Crippen LogP contribution in [-0.2, 0) is 0 Å². The summed E-state index contributed by atoms with van der Waals surface area (Å²) in [4.78, 5) is 11.7. The SMILES string of the molecule is Cc1nc(Cl)nc2c1[nH]c1ccc(I)cc12. The summed E-state index contributed by atoms with van der Waals surface area (Å²) in [6, 6.07) is 6.20. The zero-order chi connectivity index (χ0) is 11.3. The standard InChI is InChI=1S/C11H7ClIN3/c1-5-9-10(16-11(12)14-5)7-4-6(13)2-3-8(7)15-9/h2-4,15H,1H3. The van der Waals surface area contributed by atoms with E-state index in [1.54, 1.807) is 0 Å². The van der Waals surface area contributed by atoms with Crippen LogP contribution in [0.1, 0.15) is 5.69 Å². The Hall–Kier alpha value is -0.880. The number of aromatic nitrogens is 3. The molecule has 0 fully saturated rings. The van der Waals surface area contributed by atoms with Gasteiger partial charge in [-0.2, -0.15) is 0 Å². The number of hydrogen-bond donors (Lipinski definition) is 1. The van der Waals surface area contributed by atoms with Gasteiger partial charge >= 0.3 is 0 Å². The summed E-state index contributed by atoms with van der Waals surface area (Å²) in [5.41, 5.74) is 3.80. The first-order chi connectivity index (χ1) is 7.65. The first kappa shape index (κ1) is 10.3. The van der Waals surface area contributed by atoms with Crippen LogP contribution >= 0.6 is 34.2 Å². The number of nitrogens with zero attached hydrogens (tertiary/aromatic N) is 2. The molecule has 16 heavy (non-hydrogen) atoms. The van der Waals surface area contributed by atoms with E-state index in [1.807, 2.05) is 13.0 Å². The van der Waals surface area contributed by atoms with Crippen molar-refractivity contribution in [2.24, 2.45) is 0 Å².